The summed E-state index contributed by atoms with van der Waals surface area (Å²) in [6, 6.07) is 15.6. The Morgan fingerprint density at radius 2 is 1.38 bits per heavy atom. The Balaban J connectivity index is 2.31. The zero-order valence-electron chi connectivity index (χ0n) is 8.94. The molecule has 2 aromatic carbocycles. The van der Waals surface area contributed by atoms with Crippen molar-refractivity contribution in [3.05, 3.63) is 48.5 Å². The molecule has 3 heteroatoms. The molecule has 0 aromatic heterocycles. The van der Waals surface area contributed by atoms with Gasteiger partial charge in [0.15, 0.2) is 5.30 Å². The highest BCUT2D eigenvalue weighted by Crippen LogP contribution is 2.21. The van der Waals surface area contributed by atoms with E-state index in [0.29, 0.717) is 0 Å². The van der Waals surface area contributed by atoms with Crippen LogP contribution in [0, 0.1) is 0 Å². The molecular weight excluding hydrogens is 219 g/mol. The van der Waals surface area contributed by atoms with Crippen LogP contribution >= 0.6 is 8.46 Å². The first kappa shape index (κ1) is 10.8. The van der Waals surface area contributed by atoms with Gasteiger partial charge in [0.05, 0.1) is 7.11 Å². The highest BCUT2D eigenvalue weighted by Gasteiger charge is 2.01. The van der Waals surface area contributed by atoms with E-state index < -0.39 is 0 Å². The Bertz CT molecular complexity index is 474. The fourth-order valence-electron chi connectivity index (χ4n) is 1.51. The molecule has 0 aliphatic carbocycles. The van der Waals surface area contributed by atoms with E-state index in [1.807, 2.05) is 48.5 Å². The molecule has 80 valence electrons. The molecule has 0 spiro atoms. The summed E-state index contributed by atoms with van der Waals surface area (Å²) in [5.74, 6) is 0.849. The zero-order chi connectivity index (χ0) is 11.4. The summed E-state index contributed by atoms with van der Waals surface area (Å²) < 4.78 is 15.8. The van der Waals surface area contributed by atoms with Gasteiger partial charge >= 0.3 is 8.46 Å². The molecule has 0 fully saturated rings. The fourth-order valence-corrected chi connectivity index (χ4v) is 1.82. The summed E-state index contributed by atoms with van der Waals surface area (Å²) in [7, 11) is 1.26. The number of hydrogen-bond acceptors (Lipinski definition) is 2. The molecule has 0 N–H and O–H groups in total. The van der Waals surface area contributed by atoms with Crippen LogP contribution in [-0.2, 0) is 4.57 Å². The van der Waals surface area contributed by atoms with Crippen molar-refractivity contribution in [2.24, 2.45) is 0 Å². The molecule has 0 saturated heterocycles. The number of hydrogen-bond donors (Lipinski definition) is 0. The highest BCUT2D eigenvalue weighted by atomic mass is 31.1. The SMILES string of the molecule is COc1ccc(-c2ccc([PH+]=O)cc2)cc1. The fraction of sp³-hybridized carbons (Fsp3) is 0.0769. The van der Waals surface area contributed by atoms with E-state index in [9.17, 15) is 4.57 Å². The summed E-state index contributed by atoms with van der Waals surface area (Å²) >= 11 is 0. The number of methoxy groups -OCH3 is 1. The Morgan fingerprint density at radius 3 is 1.81 bits per heavy atom. The second-order valence-electron chi connectivity index (χ2n) is 3.41. The molecular formula is C13H12O2P+. The second kappa shape index (κ2) is 4.91. The van der Waals surface area contributed by atoms with E-state index >= 15 is 0 Å². The van der Waals surface area contributed by atoms with Gasteiger partial charge in [0, 0.05) is 0 Å². The van der Waals surface area contributed by atoms with Crippen LogP contribution in [0.3, 0.4) is 0 Å². The Kier molecular flexibility index (Phi) is 3.33. The summed E-state index contributed by atoms with van der Waals surface area (Å²) in [5, 5.41) is 0.845. The third kappa shape index (κ3) is 2.29. The molecule has 2 rings (SSSR count). The molecule has 1 atom stereocenters. The van der Waals surface area contributed by atoms with Crippen molar-refractivity contribution in [3.63, 3.8) is 0 Å². The van der Waals surface area contributed by atoms with Crippen LogP contribution in [-0.4, -0.2) is 7.11 Å². The largest absolute Gasteiger partial charge is 0.497 e. The first-order valence-electron chi connectivity index (χ1n) is 4.96. The minimum Gasteiger partial charge on any atom is -0.497 e. The van der Waals surface area contributed by atoms with Gasteiger partial charge in [-0.05, 0) is 47.5 Å². The molecule has 0 heterocycles. The Labute approximate surface area is 96.1 Å². The monoisotopic (exact) mass is 231 g/mol. The maximum Gasteiger partial charge on any atom is 0.363 e. The zero-order valence-corrected chi connectivity index (χ0v) is 9.94. The van der Waals surface area contributed by atoms with Gasteiger partial charge in [-0.3, -0.25) is 0 Å². The quantitative estimate of drug-likeness (QED) is 0.759. The van der Waals surface area contributed by atoms with E-state index in [1.165, 1.54) is 0 Å². The third-order valence-electron chi connectivity index (χ3n) is 2.43. The van der Waals surface area contributed by atoms with E-state index in [2.05, 4.69) is 0 Å². The van der Waals surface area contributed by atoms with Crippen molar-refractivity contribution in [1.29, 1.82) is 0 Å². The Hall–Kier alpha value is -1.66. The standard InChI is InChI=1S/C13H11O2P/c1-15-12-6-2-10(3-7-12)11-4-8-13(16-14)9-5-11/h2-9H,1H3/p+1. The van der Waals surface area contributed by atoms with E-state index in [4.69, 9.17) is 4.74 Å². The van der Waals surface area contributed by atoms with Crippen LogP contribution in [0.4, 0.5) is 0 Å². The molecule has 2 nitrogen and oxygen atoms in total. The molecule has 0 aliphatic rings. The van der Waals surface area contributed by atoms with Crippen molar-refractivity contribution in [2.45, 2.75) is 0 Å². The first-order valence-corrected chi connectivity index (χ1v) is 5.87. The van der Waals surface area contributed by atoms with Crippen LogP contribution < -0.4 is 10.0 Å². The van der Waals surface area contributed by atoms with Gasteiger partial charge in [0.1, 0.15) is 5.75 Å². The second-order valence-corrected chi connectivity index (χ2v) is 4.19. The van der Waals surface area contributed by atoms with Crippen molar-refractivity contribution >= 4 is 13.8 Å². The minimum absolute atomic E-state index is 0.388. The van der Waals surface area contributed by atoms with Gasteiger partial charge in [0.25, 0.3) is 0 Å². The van der Waals surface area contributed by atoms with E-state index in [1.54, 1.807) is 7.11 Å². The average molecular weight is 231 g/mol. The van der Waals surface area contributed by atoms with Gasteiger partial charge in [-0.25, -0.2) is 0 Å². The van der Waals surface area contributed by atoms with Gasteiger partial charge in [-0.15, -0.1) is 0 Å². The number of benzene rings is 2. The summed E-state index contributed by atoms with van der Waals surface area (Å²) in [6.45, 7) is 0. The molecule has 1 unspecified atom stereocenters. The van der Waals surface area contributed by atoms with Crippen LogP contribution in [0.2, 0.25) is 0 Å². The lowest BCUT2D eigenvalue weighted by atomic mass is 10.1. The highest BCUT2D eigenvalue weighted by molar-refractivity contribution is 7.34. The summed E-state index contributed by atoms with van der Waals surface area (Å²) in [4.78, 5) is 0. The summed E-state index contributed by atoms with van der Waals surface area (Å²) in [5.41, 5.74) is 2.24. The topological polar surface area (TPSA) is 26.3 Å². The lowest BCUT2D eigenvalue weighted by Crippen LogP contribution is -1.89. The molecule has 0 saturated carbocycles. The number of rotatable bonds is 3. The molecule has 0 radical (unpaired) electrons. The summed E-state index contributed by atoms with van der Waals surface area (Å²) in [6.07, 6.45) is 0. The lowest BCUT2D eigenvalue weighted by molar-refractivity contribution is 0.415. The third-order valence-corrected chi connectivity index (χ3v) is 3.00. The van der Waals surface area contributed by atoms with Crippen LogP contribution in [0.1, 0.15) is 0 Å². The van der Waals surface area contributed by atoms with Crippen LogP contribution in [0.15, 0.2) is 48.5 Å². The van der Waals surface area contributed by atoms with E-state index in [-0.39, 0.29) is 8.46 Å². The lowest BCUT2D eigenvalue weighted by Gasteiger charge is -2.02. The predicted molar refractivity (Wildman–Crippen MR) is 67.1 cm³/mol. The van der Waals surface area contributed by atoms with Crippen LogP contribution in [0.5, 0.6) is 5.75 Å². The predicted octanol–water partition coefficient (Wildman–Crippen LogP) is 3.01. The Morgan fingerprint density at radius 1 is 0.875 bits per heavy atom. The van der Waals surface area contributed by atoms with Crippen LogP contribution in [0.25, 0.3) is 11.1 Å². The maximum absolute atomic E-state index is 10.7. The van der Waals surface area contributed by atoms with Gasteiger partial charge in [0.2, 0.25) is 0 Å². The van der Waals surface area contributed by atoms with Crippen molar-refractivity contribution in [3.8, 4) is 16.9 Å². The van der Waals surface area contributed by atoms with Crippen molar-refractivity contribution in [1.82, 2.24) is 0 Å². The van der Waals surface area contributed by atoms with Gasteiger partial charge in [-0.2, -0.15) is 0 Å². The normalized spacial score (nSPS) is 10.3. The molecule has 0 bridgehead atoms. The smallest absolute Gasteiger partial charge is 0.363 e. The minimum atomic E-state index is -0.388. The number of ether oxygens (including phenoxy) is 1. The molecule has 2 aromatic rings. The average Bonchev–Trinajstić information content (AvgIpc) is 2.39. The van der Waals surface area contributed by atoms with E-state index in [0.717, 1.165) is 22.2 Å². The first-order chi connectivity index (χ1) is 7.83. The molecule has 0 amide bonds. The molecule has 16 heavy (non-hydrogen) atoms. The molecule has 0 aliphatic heterocycles. The van der Waals surface area contributed by atoms with Gasteiger partial charge in [-0.1, -0.05) is 16.7 Å². The van der Waals surface area contributed by atoms with Crippen molar-refractivity contribution in [2.75, 3.05) is 7.11 Å². The van der Waals surface area contributed by atoms with Crippen molar-refractivity contribution < 1.29 is 9.30 Å². The maximum atomic E-state index is 10.7. The van der Waals surface area contributed by atoms with Gasteiger partial charge < -0.3 is 4.74 Å².